The van der Waals surface area contributed by atoms with Gasteiger partial charge in [-0.3, -0.25) is 0 Å². The molecule has 0 aromatic rings. The van der Waals surface area contributed by atoms with Crippen LogP contribution < -0.4 is 5.32 Å². The van der Waals surface area contributed by atoms with Gasteiger partial charge in [0, 0.05) is 26.7 Å². The molecule has 2 nitrogen and oxygen atoms in total. The van der Waals surface area contributed by atoms with Crippen LogP contribution >= 0.6 is 0 Å². The van der Waals surface area contributed by atoms with Crippen molar-refractivity contribution in [3.05, 3.63) is 12.3 Å². The Morgan fingerprint density at radius 1 is 1.23 bits per heavy atom. The van der Waals surface area contributed by atoms with Crippen LogP contribution in [0.15, 0.2) is 12.3 Å². The Balaban J connectivity index is 2.04. The molecule has 2 heteroatoms. The molecular formula is C11H22N2. The molecule has 1 rings (SSSR count). The molecule has 0 aliphatic heterocycles. The average molecular weight is 182 g/mol. The van der Waals surface area contributed by atoms with E-state index in [4.69, 9.17) is 0 Å². The normalized spacial score (nSPS) is 19.5. The van der Waals surface area contributed by atoms with Gasteiger partial charge in [-0.2, -0.15) is 0 Å². The zero-order chi connectivity index (χ0) is 9.52. The van der Waals surface area contributed by atoms with Crippen LogP contribution in [0.5, 0.6) is 0 Å². The summed E-state index contributed by atoms with van der Waals surface area (Å²) in [6, 6.07) is 0.778. The summed E-state index contributed by atoms with van der Waals surface area (Å²) < 4.78 is 0. The molecule has 0 radical (unpaired) electrons. The van der Waals surface area contributed by atoms with Crippen LogP contribution in [-0.4, -0.2) is 31.6 Å². The highest BCUT2D eigenvalue weighted by atomic mass is 15.0. The van der Waals surface area contributed by atoms with Gasteiger partial charge in [0.1, 0.15) is 0 Å². The van der Waals surface area contributed by atoms with E-state index in [1.165, 1.54) is 32.1 Å². The van der Waals surface area contributed by atoms with Gasteiger partial charge in [-0.15, -0.1) is 0 Å². The second kappa shape index (κ2) is 6.03. The third-order valence-electron chi connectivity index (χ3n) is 2.53. The largest absolute Gasteiger partial charge is 0.384 e. The first-order valence-electron chi connectivity index (χ1n) is 5.35. The molecule has 0 spiro atoms. The molecule has 1 N–H and O–H groups in total. The minimum atomic E-state index is 0.778. The van der Waals surface area contributed by atoms with E-state index < -0.39 is 0 Å². The number of nitrogens with one attached hydrogen (secondary N) is 1. The Kier molecular flexibility index (Phi) is 4.91. The van der Waals surface area contributed by atoms with Crippen molar-refractivity contribution in [3.8, 4) is 0 Å². The van der Waals surface area contributed by atoms with Gasteiger partial charge in [0.05, 0.1) is 0 Å². The lowest BCUT2D eigenvalue weighted by molar-refractivity contribution is 0.384. The van der Waals surface area contributed by atoms with E-state index in [2.05, 4.69) is 36.6 Å². The van der Waals surface area contributed by atoms with Crippen LogP contribution in [0, 0.1) is 0 Å². The van der Waals surface area contributed by atoms with Gasteiger partial charge in [-0.25, -0.2) is 0 Å². The first kappa shape index (κ1) is 10.6. The minimum absolute atomic E-state index is 0.778. The number of hydrogen-bond donors (Lipinski definition) is 1. The molecule has 1 fully saturated rings. The van der Waals surface area contributed by atoms with Gasteiger partial charge < -0.3 is 10.2 Å². The molecule has 0 atom stereocenters. The molecule has 13 heavy (non-hydrogen) atoms. The van der Waals surface area contributed by atoms with E-state index in [1.807, 2.05) is 0 Å². The van der Waals surface area contributed by atoms with E-state index in [0.29, 0.717) is 0 Å². The van der Waals surface area contributed by atoms with Crippen molar-refractivity contribution in [1.82, 2.24) is 10.2 Å². The monoisotopic (exact) mass is 182 g/mol. The van der Waals surface area contributed by atoms with Gasteiger partial charge in [-0.1, -0.05) is 25.3 Å². The third kappa shape index (κ3) is 4.94. The summed E-state index contributed by atoms with van der Waals surface area (Å²) in [6.45, 7) is 1.02. The van der Waals surface area contributed by atoms with Crippen molar-refractivity contribution in [1.29, 1.82) is 0 Å². The third-order valence-corrected chi connectivity index (χ3v) is 2.53. The lowest BCUT2D eigenvalue weighted by Gasteiger charge is -2.22. The lowest BCUT2D eigenvalue weighted by Crippen LogP contribution is -2.31. The van der Waals surface area contributed by atoms with Gasteiger partial charge in [0.2, 0.25) is 0 Å². The zero-order valence-corrected chi connectivity index (χ0v) is 8.92. The number of hydrogen-bond acceptors (Lipinski definition) is 2. The van der Waals surface area contributed by atoms with Gasteiger partial charge in [0.15, 0.2) is 0 Å². The standard InChI is InChI=1S/C11H22N2/c1-13(2)10-6-9-12-11-7-4-3-5-8-11/h6,10-12H,3-5,7-9H2,1-2H3/b10-6+. The Hall–Kier alpha value is -0.500. The highest BCUT2D eigenvalue weighted by molar-refractivity contribution is 4.83. The predicted octanol–water partition coefficient (Wildman–Crippen LogP) is 1.98. The molecule has 0 amide bonds. The van der Waals surface area contributed by atoms with E-state index >= 15 is 0 Å². The van der Waals surface area contributed by atoms with Crippen molar-refractivity contribution in [2.24, 2.45) is 0 Å². The van der Waals surface area contributed by atoms with Crippen molar-refractivity contribution in [2.75, 3.05) is 20.6 Å². The highest BCUT2D eigenvalue weighted by Crippen LogP contribution is 2.16. The van der Waals surface area contributed by atoms with E-state index in [0.717, 1.165) is 12.6 Å². The van der Waals surface area contributed by atoms with Crippen LogP contribution in [0.4, 0.5) is 0 Å². The molecule has 0 saturated heterocycles. The second-order valence-electron chi connectivity index (χ2n) is 4.09. The smallest absolute Gasteiger partial charge is 0.0154 e. The topological polar surface area (TPSA) is 15.3 Å². The molecule has 1 saturated carbocycles. The van der Waals surface area contributed by atoms with Crippen LogP contribution in [0.25, 0.3) is 0 Å². The Morgan fingerprint density at radius 3 is 2.54 bits per heavy atom. The van der Waals surface area contributed by atoms with E-state index in [1.54, 1.807) is 0 Å². The Labute approximate surface area is 82.0 Å². The SMILES string of the molecule is CN(C)/C=C/CNC1CCCCC1. The molecule has 76 valence electrons. The molecule has 0 heterocycles. The first-order valence-corrected chi connectivity index (χ1v) is 5.35. The summed E-state index contributed by atoms with van der Waals surface area (Å²) in [7, 11) is 4.11. The van der Waals surface area contributed by atoms with Crippen LogP contribution in [0.1, 0.15) is 32.1 Å². The molecule has 0 bridgehead atoms. The molecule has 0 unspecified atom stereocenters. The fraction of sp³-hybridized carbons (Fsp3) is 0.818. The Morgan fingerprint density at radius 2 is 1.92 bits per heavy atom. The molecule has 1 aliphatic carbocycles. The molecular weight excluding hydrogens is 160 g/mol. The summed E-state index contributed by atoms with van der Waals surface area (Å²) >= 11 is 0. The predicted molar refractivity (Wildman–Crippen MR) is 57.7 cm³/mol. The fourth-order valence-electron chi connectivity index (χ4n) is 1.80. The molecule has 0 aromatic carbocycles. The maximum absolute atomic E-state index is 3.56. The molecule has 1 aliphatic rings. The lowest BCUT2D eigenvalue weighted by atomic mass is 9.95. The van der Waals surface area contributed by atoms with E-state index in [9.17, 15) is 0 Å². The van der Waals surface area contributed by atoms with Crippen molar-refractivity contribution >= 4 is 0 Å². The minimum Gasteiger partial charge on any atom is -0.384 e. The van der Waals surface area contributed by atoms with Crippen LogP contribution in [0.2, 0.25) is 0 Å². The number of rotatable bonds is 4. The quantitative estimate of drug-likeness (QED) is 0.715. The average Bonchev–Trinajstić information content (AvgIpc) is 2.14. The summed E-state index contributed by atoms with van der Waals surface area (Å²) in [6.07, 6.45) is 11.3. The second-order valence-corrected chi connectivity index (χ2v) is 4.09. The van der Waals surface area contributed by atoms with Gasteiger partial charge >= 0.3 is 0 Å². The first-order chi connectivity index (χ1) is 6.29. The van der Waals surface area contributed by atoms with Crippen molar-refractivity contribution in [3.63, 3.8) is 0 Å². The van der Waals surface area contributed by atoms with Gasteiger partial charge in [0.25, 0.3) is 0 Å². The van der Waals surface area contributed by atoms with Gasteiger partial charge in [-0.05, 0) is 19.0 Å². The summed E-state index contributed by atoms with van der Waals surface area (Å²) in [4.78, 5) is 2.07. The summed E-state index contributed by atoms with van der Waals surface area (Å²) in [5.41, 5.74) is 0. The summed E-state index contributed by atoms with van der Waals surface area (Å²) in [5.74, 6) is 0. The van der Waals surface area contributed by atoms with Crippen LogP contribution in [0.3, 0.4) is 0 Å². The Bertz CT molecular complexity index is 146. The molecule has 0 aromatic heterocycles. The number of nitrogens with zero attached hydrogens (tertiary/aromatic N) is 1. The summed E-state index contributed by atoms with van der Waals surface area (Å²) in [5, 5.41) is 3.56. The van der Waals surface area contributed by atoms with Crippen LogP contribution in [-0.2, 0) is 0 Å². The van der Waals surface area contributed by atoms with Crippen molar-refractivity contribution in [2.45, 2.75) is 38.1 Å². The van der Waals surface area contributed by atoms with Crippen molar-refractivity contribution < 1.29 is 0 Å². The highest BCUT2D eigenvalue weighted by Gasteiger charge is 2.10. The maximum Gasteiger partial charge on any atom is 0.0154 e. The zero-order valence-electron chi connectivity index (χ0n) is 8.92. The fourth-order valence-corrected chi connectivity index (χ4v) is 1.80. The maximum atomic E-state index is 3.56. The van der Waals surface area contributed by atoms with E-state index in [-0.39, 0.29) is 0 Å².